The quantitative estimate of drug-likeness (QED) is 0.203. The number of fused-ring (bicyclic) bond motifs is 12. The van der Waals surface area contributed by atoms with E-state index in [1.54, 1.807) is 0 Å². The largest absolute Gasteiger partial charge is 0.277 e. The van der Waals surface area contributed by atoms with E-state index in [1.165, 1.54) is 56.6 Å². The molecule has 0 unspecified atom stereocenters. The summed E-state index contributed by atoms with van der Waals surface area (Å²) in [5.41, 5.74) is 5.25. The molecule has 0 saturated carbocycles. The molecule has 0 spiro atoms. The highest BCUT2D eigenvalue weighted by atomic mass is 32.1. The van der Waals surface area contributed by atoms with E-state index in [4.69, 9.17) is 9.97 Å². The van der Waals surface area contributed by atoms with Crippen LogP contribution >= 0.6 is 22.7 Å². The van der Waals surface area contributed by atoms with Crippen LogP contribution in [0.1, 0.15) is 0 Å². The minimum atomic E-state index is 0.693. The molecule has 5 heteroatoms. The van der Waals surface area contributed by atoms with Crippen molar-refractivity contribution in [3.8, 4) is 17.2 Å². The number of aromatic nitrogens is 3. The number of nitrogens with zero attached hydrogens (tertiary/aromatic N) is 3. The summed E-state index contributed by atoms with van der Waals surface area (Å²) in [7, 11) is 0. The van der Waals surface area contributed by atoms with Gasteiger partial charge >= 0.3 is 0 Å². The first kappa shape index (κ1) is 23.5. The summed E-state index contributed by atoms with van der Waals surface area (Å²) in [6.07, 6.45) is 0. The maximum absolute atomic E-state index is 5.34. The van der Waals surface area contributed by atoms with E-state index in [-0.39, 0.29) is 0 Å². The predicted molar refractivity (Wildman–Crippen MR) is 185 cm³/mol. The van der Waals surface area contributed by atoms with E-state index in [2.05, 4.69) is 126 Å². The van der Waals surface area contributed by atoms with E-state index in [1.807, 2.05) is 28.7 Å². The highest BCUT2D eigenvalue weighted by Crippen LogP contribution is 2.48. The number of hydrogen-bond donors (Lipinski definition) is 0. The highest BCUT2D eigenvalue weighted by Gasteiger charge is 2.22. The van der Waals surface area contributed by atoms with Crippen molar-refractivity contribution in [1.29, 1.82) is 0 Å². The maximum Gasteiger partial charge on any atom is 0.235 e. The molecule has 43 heavy (non-hydrogen) atoms. The third-order valence-corrected chi connectivity index (χ3v) is 10.9. The van der Waals surface area contributed by atoms with E-state index in [9.17, 15) is 0 Å². The second-order valence-corrected chi connectivity index (χ2v) is 13.1. The molecule has 0 aliphatic carbocycles. The molecule has 0 fully saturated rings. The van der Waals surface area contributed by atoms with E-state index >= 15 is 0 Å². The lowest BCUT2D eigenvalue weighted by Gasteiger charge is -2.12. The second kappa shape index (κ2) is 8.71. The fourth-order valence-electron chi connectivity index (χ4n) is 6.80. The number of rotatable bonds is 2. The predicted octanol–water partition coefficient (Wildman–Crippen LogP) is 11.1. The standard InChI is InChI=1S/C38H21N3S2/c1-2-10-22(11-3-1)36-25-13-4-7-15-27(25)39-38(40-36)41-28-16-8-5-12-23(28)24-18-19-32-35(37(24)41)34-31(43-32)21-20-30-33(34)26-14-6-9-17-29(26)42-30/h1-21H. The van der Waals surface area contributed by atoms with Gasteiger partial charge in [-0.3, -0.25) is 4.57 Å². The zero-order valence-electron chi connectivity index (χ0n) is 22.8. The Kier molecular flexibility index (Phi) is 4.75. The van der Waals surface area contributed by atoms with Gasteiger partial charge in [-0.1, -0.05) is 91.0 Å². The lowest BCUT2D eigenvalue weighted by molar-refractivity contribution is 1.02. The molecule has 0 bridgehead atoms. The number of benzene rings is 6. The number of para-hydroxylation sites is 2. The average molecular weight is 584 g/mol. The van der Waals surface area contributed by atoms with Gasteiger partial charge in [-0.05, 0) is 36.4 Å². The molecule has 4 heterocycles. The van der Waals surface area contributed by atoms with Crippen LogP contribution in [0.2, 0.25) is 0 Å². The molecule has 6 aromatic carbocycles. The van der Waals surface area contributed by atoms with Crippen LogP contribution in [0, 0.1) is 0 Å². The van der Waals surface area contributed by atoms with Crippen LogP contribution in [0.5, 0.6) is 0 Å². The normalized spacial score (nSPS) is 12.2. The fourth-order valence-corrected chi connectivity index (χ4v) is 9.03. The van der Waals surface area contributed by atoms with Crippen molar-refractivity contribution in [2.45, 2.75) is 0 Å². The van der Waals surface area contributed by atoms with Crippen LogP contribution in [-0.4, -0.2) is 14.5 Å². The first-order chi connectivity index (χ1) is 21.3. The van der Waals surface area contributed by atoms with Crippen LogP contribution < -0.4 is 0 Å². The monoisotopic (exact) mass is 583 g/mol. The van der Waals surface area contributed by atoms with Crippen molar-refractivity contribution in [2.24, 2.45) is 0 Å². The molecule has 0 atom stereocenters. The highest BCUT2D eigenvalue weighted by molar-refractivity contribution is 7.28. The third kappa shape index (κ3) is 3.23. The smallest absolute Gasteiger partial charge is 0.235 e. The Morgan fingerprint density at radius 1 is 0.442 bits per heavy atom. The van der Waals surface area contributed by atoms with Gasteiger partial charge in [-0.2, -0.15) is 0 Å². The van der Waals surface area contributed by atoms with Crippen molar-refractivity contribution in [3.63, 3.8) is 0 Å². The molecule has 200 valence electrons. The van der Waals surface area contributed by atoms with Gasteiger partial charge in [0.2, 0.25) is 5.95 Å². The molecule has 0 radical (unpaired) electrons. The lowest BCUT2D eigenvalue weighted by atomic mass is 10.0. The molecule has 0 aliphatic heterocycles. The summed E-state index contributed by atoms with van der Waals surface area (Å²) < 4.78 is 7.54. The molecular weight excluding hydrogens is 563 g/mol. The lowest BCUT2D eigenvalue weighted by Crippen LogP contribution is -2.03. The maximum atomic E-state index is 5.34. The van der Waals surface area contributed by atoms with Gasteiger partial charge < -0.3 is 0 Å². The number of hydrogen-bond acceptors (Lipinski definition) is 4. The Morgan fingerprint density at radius 3 is 1.98 bits per heavy atom. The van der Waals surface area contributed by atoms with E-state index in [0.717, 1.165) is 27.7 Å². The molecule has 0 N–H and O–H groups in total. The molecule has 10 rings (SSSR count). The Labute approximate surface area is 253 Å². The molecule has 0 saturated heterocycles. The Hall–Kier alpha value is -5.10. The van der Waals surface area contributed by atoms with Crippen LogP contribution in [0.15, 0.2) is 127 Å². The minimum absolute atomic E-state index is 0.693. The summed E-state index contributed by atoms with van der Waals surface area (Å²) in [6, 6.07) is 45.5. The van der Waals surface area contributed by atoms with Crippen LogP contribution in [-0.2, 0) is 0 Å². The van der Waals surface area contributed by atoms with Crippen LogP contribution in [0.25, 0.3) is 90.3 Å². The van der Waals surface area contributed by atoms with E-state index < -0.39 is 0 Å². The van der Waals surface area contributed by atoms with Gasteiger partial charge in [0.15, 0.2) is 0 Å². The Bertz CT molecular complexity index is 2730. The SMILES string of the molecule is c1ccc(-c2nc(-n3c4ccccc4c4ccc5sc6ccc7sc8ccccc8c7c6c5c43)nc3ccccc23)cc1. The fraction of sp³-hybridized carbons (Fsp3) is 0. The summed E-state index contributed by atoms with van der Waals surface area (Å²) in [5.74, 6) is 0.693. The van der Waals surface area contributed by atoms with Gasteiger partial charge in [-0.15, -0.1) is 22.7 Å². The first-order valence-electron chi connectivity index (χ1n) is 14.3. The summed E-state index contributed by atoms with van der Waals surface area (Å²) in [6.45, 7) is 0. The summed E-state index contributed by atoms with van der Waals surface area (Å²) >= 11 is 3.74. The van der Waals surface area contributed by atoms with Gasteiger partial charge in [-0.25, -0.2) is 9.97 Å². The van der Waals surface area contributed by atoms with Gasteiger partial charge in [0, 0.05) is 62.1 Å². The topological polar surface area (TPSA) is 30.7 Å². The molecular formula is C38H21N3S2. The van der Waals surface area contributed by atoms with Gasteiger partial charge in [0.25, 0.3) is 0 Å². The summed E-state index contributed by atoms with van der Waals surface area (Å²) in [5, 5.41) is 8.75. The van der Waals surface area contributed by atoms with Gasteiger partial charge in [0.1, 0.15) is 0 Å². The molecule has 0 aliphatic rings. The first-order valence-corrected chi connectivity index (χ1v) is 16.0. The average Bonchev–Trinajstić information content (AvgIpc) is 3.73. The Balaban J connectivity index is 1.44. The molecule has 3 nitrogen and oxygen atoms in total. The molecule has 4 aromatic heterocycles. The molecule has 10 aromatic rings. The summed E-state index contributed by atoms with van der Waals surface area (Å²) in [4.78, 5) is 10.6. The Morgan fingerprint density at radius 2 is 1.09 bits per heavy atom. The third-order valence-electron chi connectivity index (χ3n) is 8.61. The number of thiophene rings is 2. The zero-order valence-corrected chi connectivity index (χ0v) is 24.4. The minimum Gasteiger partial charge on any atom is -0.277 e. The second-order valence-electron chi connectivity index (χ2n) is 11.0. The van der Waals surface area contributed by atoms with Crippen molar-refractivity contribution in [1.82, 2.24) is 14.5 Å². The van der Waals surface area contributed by atoms with Crippen molar-refractivity contribution < 1.29 is 0 Å². The van der Waals surface area contributed by atoms with Crippen molar-refractivity contribution >= 4 is 95.7 Å². The zero-order chi connectivity index (χ0) is 28.1. The van der Waals surface area contributed by atoms with Crippen molar-refractivity contribution in [2.75, 3.05) is 0 Å². The van der Waals surface area contributed by atoms with Crippen LogP contribution in [0.3, 0.4) is 0 Å². The van der Waals surface area contributed by atoms with Crippen LogP contribution in [0.4, 0.5) is 0 Å². The molecule has 0 amide bonds. The van der Waals surface area contributed by atoms with Crippen molar-refractivity contribution in [3.05, 3.63) is 127 Å². The van der Waals surface area contributed by atoms with E-state index in [0.29, 0.717) is 5.95 Å². The van der Waals surface area contributed by atoms with Gasteiger partial charge in [0.05, 0.1) is 22.2 Å².